The Balaban J connectivity index is 2.01. The van der Waals surface area contributed by atoms with Crippen molar-refractivity contribution in [1.29, 1.82) is 0 Å². The lowest BCUT2D eigenvalue weighted by Crippen LogP contribution is -2.51. The monoisotopic (exact) mass is 356 g/mol. The van der Waals surface area contributed by atoms with Gasteiger partial charge in [-0.1, -0.05) is 13.8 Å². The SMILES string of the molecule is CCOc1ccc(S(=O)(=O)NCC(C(C)C)N2CCOCC2)cc1. The number of rotatable bonds is 8. The van der Waals surface area contributed by atoms with Gasteiger partial charge in [-0.2, -0.15) is 0 Å². The summed E-state index contributed by atoms with van der Waals surface area (Å²) in [6, 6.07) is 6.67. The van der Waals surface area contributed by atoms with Crippen LogP contribution in [-0.2, 0) is 14.8 Å². The molecule has 24 heavy (non-hydrogen) atoms. The minimum absolute atomic E-state index is 0.159. The Morgan fingerprint density at radius 3 is 2.38 bits per heavy atom. The molecule has 1 saturated heterocycles. The molecule has 6 nitrogen and oxygen atoms in total. The van der Waals surface area contributed by atoms with E-state index in [1.54, 1.807) is 24.3 Å². The summed E-state index contributed by atoms with van der Waals surface area (Å²) in [5, 5.41) is 0. The third kappa shape index (κ3) is 5.17. The third-order valence-electron chi connectivity index (χ3n) is 4.21. The van der Waals surface area contributed by atoms with Crippen LogP contribution in [0.4, 0.5) is 0 Å². The van der Waals surface area contributed by atoms with Crippen molar-refractivity contribution in [3.63, 3.8) is 0 Å². The van der Waals surface area contributed by atoms with E-state index < -0.39 is 10.0 Å². The van der Waals surface area contributed by atoms with Gasteiger partial charge in [0.05, 0.1) is 24.7 Å². The van der Waals surface area contributed by atoms with Crippen molar-refractivity contribution >= 4 is 10.0 Å². The second-order valence-corrected chi connectivity index (χ2v) is 7.98. The summed E-state index contributed by atoms with van der Waals surface area (Å²) in [5.41, 5.74) is 0. The second kappa shape index (κ2) is 8.80. The normalized spacial score (nSPS) is 17.8. The van der Waals surface area contributed by atoms with Crippen molar-refractivity contribution in [3.8, 4) is 5.75 Å². The van der Waals surface area contributed by atoms with Crippen LogP contribution in [0.1, 0.15) is 20.8 Å². The van der Waals surface area contributed by atoms with Gasteiger partial charge in [0.15, 0.2) is 0 Å². The van der Waals surface area contributed by atoms with Crippen molar-refractivity contribution in [3.05, 3.63) is 24.3 Å². The zero-order valence-corrected chi connectivity index (χ0v) is 15.5. The van der Waals surface area contributed by atoms with Crippen molar-refractivity contribution in [2.45, 2.75) is 31.7 Å². The lowest BCUT2D eigenvalue weighted by atomic mass is 10.0. The molecule has 1 N–H and O–H groups in total. The van der Waals surface area contributed by atoms with Crippen LogP contribution in [0.25, 0.3) is 0 Å². The summed E-state index contributed by atoms with van der Waals surface area (Å²) in [4.78, 5) is 2.56. The van der Waals surface area contributed by atoms with E-state index in [2.05, 4.69) is 23.5 Å². The van der Waals surface area contributed by atoms with E-state index in [9.17, 15) is 8.42 Å². The van der Waals surface area contributed by atoms with Gasteiger partial charge in [-0.3, -0.25) is 4.90 Å². The van der Waals surface area contributed by atoms with Crippen LogP contribution in [0.15, 0.2) is 29.2 Å². The number of morpholine rings is 1. The Kier molecular flexibility index (Phi) is 7.03. The number of benzene rings is 1. The van der Waals surface area contributed by atoms with Crippen LogP contribution in [0.2, 0.25) is 0 Å². The molecule has 7 heteroatoms. The van der Waals surface area contributed by atoms with Gasteiger partial charge < -0.3 is 9.47 Å². The zero-order chi connectivity index (χ0) is 17.6. The quantitative estimate of drug-likeness (QED) is 0.768. The molecule has 0 saturated carbocycles. The predicted octanol–water partition coefficient (Wildman–Crippen LogP) is 1.72. The first kappa shape index (κ1) is 19.2. The van der Waals surface area contributed by atoms with E-state index in [1.165, 1.54) is 0 Å². The molecule has 1 aliphatic heterocycles. The minimum Gasteiger partial charge on any atom is -0.494 e. The number of ether oxygens (including phenoxy) is 2. The average molecular weight is 356 g/mol. The minimum atomic E-state index is -3.52. The standard InChI is InChI=1S/C17H28N2O4S/c1-4-23-15-5-7-16(8-6-15)24(20,21)18-13-17(14(2)3)19-9-11-22-12-10-19/h5-8,14,17-18H,4,9-13H2,1-3H3. The third-order valence-corrected chi connectivity index (χ3v) is 5.65. The maximum Gasteiger partial charge on any atom is 0.240 e. The van der Waals surface area contributed by atoms with Gasteiger partial charge in [0.25, 0.3) is 0 Å². The topological polar surface area (TPSA) is 67.9 Å². The number of hydrogen-bond donors (Lipinski definition) is 1. The maximum atomic E-state index is 12.5. The molecular formula is C17H28N2O4S. The molecule has 1 heterocycles. The van der Waals surface area contributed by atoms with E-state index in [0.717, 1.165) is 13.1 Å². The van der Waals surface area contributed by atoms with Gasteiger partial charge >= 0.3 is 0 Å². The fourth-order valence-corrected chi connectivity index (χ4v) is 3.91. The molecule has 2 rings (SSSR count). The molecule has 0 bridgehead atoms. The van der Waals surface area contributed by atoms with E-state index in [0.29, 0.717) is 38.0 Å². The molecule has 0 spiro atoms. The molecular weight excluding hydrogens is 328 g/mol. The highest BCUT2D eigenvalue weighted by Gasteiger charge is 2.25. The fourth-order valence-electron chi connectivity index (χ4n) is 2.86. The summed E-state index contributed by atoms with van der Waals surface area (Å²) < 4.78 is 38.5. The lowest BCUT2D eigenvalue weighted by Gasteiger charge is -2.36. The molecule has 136 valence electrons. The predicted molar refractivity (Wildman–Crippen MR) is 93.8 cm³/mol. The van der Waals surface area contributed by atoms with Gasteiger partial charge in [-0.25, -0.2) is 13.1 Å². The molecule has 1 aromatic rings. The summed E-state index contributed by atoms with van der Waals surface area (Å²) in [6.07, 6.45) is 0. The maximum absolute atomic E-state index is 12.5. The van der Waals surface area contributed by atoms with Crippen LogP contribution in [0, 0.1) is 5.92 Å². The summed E-state index contributed by atoms with van der Waals surface area (Å²) in [7, 11) is -3.52. The largest absolute Gasteiger partial charge is 0.494 e. The van der Waals surface area contributed by atoms with Gasteiger partial charge in [0.2, 0.25) is 10.0 Å². The molecule has 1 unspecified atom stereocenters. The van der Waals surface area contributed by atoms with Crippen LogP contribution in [0.3, 0.4) is 0 Å². The Bertz CT molecular complexity index is 596. The Morgan fingerprint density at radius 1 is 1.21 bits per heavy atom. The summed E-state index contributed by atoms with van der Waals surface area (Å²) in [6.45, 7) is 10.2. The number of nitrogens with zero attached hydrogens (tertiary/aromatic N) is 1. The first-order valence-electron chi connectivity index (χ1n) is 8.48. The highest BCUT2D eigenvalue weighted by Crippen LogP contribution is 2.17. The summed E-state index contributed by atoms with van der Waals surface area (Å²) >= 11 is 0. The van der Waals surface area contributed by atoms with E-state index in [1.807, 2.05) is 6.92 Å². The van der Waals surface area contributed by atoms with Crippen molar-refractivity contribution in [2.75, 3.05) is 39.5 Å². The van der Waals surface area contributed by atoms with E-state index in [-0.39, 0.29) is 10.9 Å². The van der Waals surface area contributed by atoms with Crippen LogP contribution < -0.4 is 9.46 Å². The molecule has 0 aliphatic carbocycles. The smallest absolute Gasteiger partial charge is 0.240 e. The van der Waals surface area contributed by atoms with Gasteiger partial charge in [0.1, 0.15) is 5.75 Å². The van der Waals surface area contributed by atoms with Gasteiger partial charge in [0, 0.05) is 25.7 Å². The van der Waals surface area contributed by atoms with Gasteiger partial charge in [-0.05, 0) is 37.1 Å². The molecule has 1 aliphatic rings. The van der Waals surface area contributed by atoms with E-state index >= 15 is 0 Å². The number of nitrogens with one attached hydrogen (secondary N) is 1. The Labute approximate surface area is 145 Å². The first-order chi connectivity index (χ1) is 11.4. The van der Waals surface area contributed by atoms with Crippen LogP contribution >= 0.6 is 0 Å². The zero-order valence-electron chi connectivity index (χ0n) is 14.7. The average Bonchev–Trinajstić information content (AvgIpc) is 2.56. The highest BCUT2D eigenvalue weighted by atomic mass is 32.2. The fraction of sp³-hybridized carbons (Fsp3) is 0.647. The Hall–Kier alpha value is -1.15. The molecule has 1 aromatic carbocycles. The first-order valence-corrected chi connectivity index (χ1v) is 9.96. The lowest BCUT2D eigenvalue weighted by molar-refractivity contribution is 0.00776. The number of sulfonamides is 1. The molecule has 0 amide bonds. The molecule has 0 aromatic heterocycles. The van der Waals surface area contributed by atoms with Crippen LogP contribution in [0.5, 0.6) is 5.75 Å². The van der Waals surface area contributed by atoms with Crippen molar-refractivity contribution in [2.24, 2.45) is 5.92 Å². The summed E-state index contributed by atoms with van der Waals surface area (Å²) in [5.74, 6) is 1.02. The van der Waals surface area contributed by atoms with Crippen molar-refractivity contribution in [1.82, 2.24) is 9.62 Å². The van der Waals surface area contributed by atoms with Gasteiger partial charge in [-0.15, -0.1) is 0 Å². The van der Waals surface area contributed by atoms with Crippen molar-refractivity contribution < 1.29 is 17.9 Å². The second-order valence-electron chi connectivity index (χ2n) is 6.22. The number of hydrogen-bond acceptors (Lipinski definition) is 5. The van der Waals surface area contributed by atoms with Crippen LogP contribution in [-0.4, -0.2) is 58.8 Å². The highest BCUT2D eigenvalue weighted by molar-refractivity contribution is 7.89. The van der Waals surface area contributed by atoms with E-state index in [4.69, 9.17) is 9.47 Å². The molecule has 0 radical (unpaired) electrons. The Morgan fingerprint density at radius 2 is 1.83 bits per heavy atom. The molecule has 1 fully saturated rings. The molecule has 1 atom stereocenters.